The van der Waals surface area contributed by atoms with Crippen molar-refractivity contribution in [3.8, 4) is 0 Å². The Kier molecular flexibility index (Phi) is 5.62. The van der Waals surface area contributed by atoms with Gasteiger partial charge in [0.25, 0.3) is 5.91 Å². The lowest BCUT2D eigenvalue weighted by atomic mass is 10.2. The monoisotopic (exact) mass is 407 g/mol. The van der Waals surface area contributed by atoms with E-state index in [-0.39, 0.29) is 22.8 Å². The second-order valence-corrected chi connectivity index (χ2v) is 8.29. The zero-order valence-electron chi connectivity index (χ0n) is 13.9. The second-order valence-electron chi connectivity index (χ2n) is 5.72. The number of hydrogen-bond acceptors (Lipinski definition) is 4. The van der Waals surface area contributed by atoms with Crippen LogP contribution in [-0.4, -0.2) is 20.9 Å². The summed E-state index contributed by atoms with van der Waals surface area (Å²) in [6, 6.07) is 13.8. The third-order valence-corrected chi connectivity index (χ3v) is 6.26. The molecule has 1 heterocycles. The van der Waals surface area contributed by atoms with Crippen LogP contribution in [0.4, 0.5) is 4.39 Å². The lowest BCUT2D eigenvalue weighted by Crippen LogP contribution is -2.31. The van der Waals surface area contributed by atoms with Crippen LogP contribution in [-0.2, 0) is 9.84 Å². The minimum absolute atomic E-state index is 0.0596. The van der Waals surface area contributed by atoms with E-state index in [0.717, 1.165) is 12.1 Å². The van der Waals surface area contributed by atoms with Crippen LogP contribution in [0.5, 0.6) is 0 Å². The zero-order chi connectivity index (χ0) is 19.4. The minimum Gasteiger partial charge on any atom is -0.468 e. The molecule has 0 unspecified atom stereocenters. The summed E-state index contributed by atoms with van der Waals surface area (Å²) < 4.78 is 44.3. The molecule has 0 saturated carbocycles. The predicted molar refractivity (Wildman–Crippen MR) is 98.8 cm³/mol. The van der Waals surface area contributed by atoms with Crippen molar-refractivity contribution in [2.24, 2.45) is 0 Å². The van der Waals surface area contributed by atoms with Crippen LogP contribution in [0.15, 0.2) is 76.2 Å². The molecule has 0 radical (unpaired) electrons. The van der Waals surface area contributed by atoms with Gasteiger partial charge in [-0.3, -0.25) is 4.79 Å². The van der Waals surface area contributed by atoms with Gasteiger partial charge in [-0.1, -0.05) is 11.6 Å². The molecule has 0 spiro atoms. The van der Waals surface area contributed by atoms with Gasteiger partial charge in [0, 0.05) is 17.1 Å². The Morgan fingerprint density at radius 2 is 1.74 bits per heavy atom. The van der Waals surface area contributed by atoms with E-state index < -0.39 is 26.8 Å². The van der Waals surface area contributed by atoms with Crippen molar-refractivity contribution < 1.29 is 22.0 Å². The molecule has 0 fully saturated rings. The van der Waals surface area contributed by atoms with Crippen molar-refractivity contribution in [3.05, 3.63) is 89.1 Å². The number of benzene rings is 2. The van der Waals surface area contributed by atoms with Crippen LogP contribution < -0.4 is 5.32 Å². The highest BCUT2D eigenvalue weighted by Crippen LogP contribution is 2.29. The summed E-state index contributed by atoms with van der Waals surface area (Å²) in [5.41, 5.74) is 0.221. The number of nitrogens with one attached hydrogen (secondary N) is 1. The molecule has 8 heteroatoms. The van der Waals surface area contributed by atoms with Crippen LogP contribution in [0, 0.1) is 5.82 Å². The molecule has 0 aliphatic heterocycles. The van der Waals surface area contributed by atoms with Gasteiger partial charge >= 0.3 is 0 Å². The maximum Gasteiger partial charge on any atom is 0.251 e. The molecular weight excluding hydrogens is 393 g/mol. The molecule has 1 N–H and O–H groups in total. The third kappa shape index (κ3) is 4.37. The molecule has 0 saturated heterocycles. The fourth-order valence-electron chi connectivity index (χ4n) is 2.51. The van der Waals surface area contributed by atoms with Gasteiger partial charge in [-0.2, -0.15) is 0 Å². The van der Waals surface area contributed by atoms with E-state index in [1.54, 1.807) is 6.07 Å². The first-order valence-corrected chi connectivity index (χ1v) is 9.87. The summed E-state index contributed by atoms with van der Waals surface area (Å²) in [6.45, 7) is -0.214. The van der Waals surface area contributed by atoms with Gasteiger partial charge in [0.2, 0.25) is 0 Å². The summed E-state index contributed by atoms with van der Waals surface area (Å²) in [5, 5.41) is 1.85. The number of hydrogen-bond donors (Lipinski definition) is 1. The lowest BCUT2D eigenvalue weighted by molar-refractivity contribution is 0.0953. The van der Waals surface area contributed by atoms with Gasteiger partial charge in [-0.15, -0.1) is 0 Å². The largest absolute Gasteiger partial charge is 0.468 e. The Morgan fingerprint density at radius 3 is 2.33 bits per heavy atom. The molecule has 1 atom stereocenters. The molecule has 0 aliphatic rings. The average Bonchev–Trinajstić information content (AvgIpc) is 3.16. The van der Waals surface area contributed by atoms with Crippen LogP contribution in [0.3, 0.4) is 0 Å². The highest BCUT2D eigenvalue weighted by Gasteiger charge is 2.32. The first-order chi connectivity index (χ1) is 12.9. The third-order valence-electron chi connectivity index (χ3n) is 3.93. The summed E-state index contributed by atoms with van der Waals surface area (Å²) >= 11 is 5.83. The fraction of sp³-hybridized carbons (Fsp3) is 0.105. The van der Waals surface area contributed by atoms with Crippen molar-refractivity contribution in [1.29, 1.82) is 0 Å². The van der Waals surface area contributed by atoms with E-state index in [4.69, 9.17) is 16.0 Å². The predicted octanol–water partition coefficient (Wildman–Crippen LogP) is 4.02. The Labute approximate surface area is 160 Å². The van der Waals surface area contributed by atoms with E-state index in [1.165, 1.54) is 48.7 Å². The molecule has 1 aromatic heterocycles. The topological polar surface area (TPSA) is 76.4 Å². The Morgan fingerprint density at radius 1 is 1.07 bits per heavy atom. The van der Waals surface area contributed by atoms with Gasteiger partial charge in [-0.25, -0.2) is 12.8 Å². The number of rotatable bonds is 6. The zero-order valence-corrected chi connectivity index (χ0v) is 15.5. The van der Waals surface area contributed by atoms with Gasteiger partial charge in [0.05, 0.1) is 11.2 Å². The lowest BCUT2D eigenvalue weighted by Gasteiger charge is -2.17. The van der Waals surface area contributed by atoms with Crippen molar-refractivity contribution in [3.63, 3.8) is 0 Å². The molecular formula is C19H15ClFNO4S. The molecule has 140 valence electrons. The Hall–Kier alpha value is -2.64. The SMILES string of the molecule is O=C(NC[C@@H](c1ccco1)S(=O)(=O)c1ccc(Cl)cc1)c1ccc(F)cc1. The number of furan rings is 1. The van der Waals surface area contributed by atoms with E-state index in [2.05, 4.69) is 5.32 Å². The smallest absolute Gasteiger partial charge is 0.251 e. The van der Waals surface area contributed by atoms with Gasteiger partial charge in [0.1, 0.15) is 16.8 Å². The summed E-state index contributed by atoms with van der Waals surface area (Å²) in [5.74, 6) is -0.785. The quantitative estimate of drug-likeness (QED) is 0.669. The molecule has 3 aromatic rings. The molecule has 5 nitrogen and oxygen atoms in total. The number of amides is 1. The fourth-order valence-corrected chi connectivity index (χ4v) is 4.23. The molecule has 0 bridgehead atoms. The number of sulfone groups is 1. The summed E-state index contributed by atoms with van der Waals surface area (Å²) in [7, 11) is -3.85. The number of carbonyl (C=O) groups is 1. The van der Waals surface area contributed by atoms with Crippen molar-refractivity contribution in [2.45, 2.75) is 10.1 Å². The molecule has 3 rings (SSSR count). The first-order valence-electron chi connectivity index (χ1n) is 7.94. The average molecular weight is 408 g/mol. The van der Waals surface area contributed by atoms with Crippen LogP contribution >= 0.6 is 11.6 Å². The summed E-state index contributed by atoms with van der Waals surface area (Å²) in [4.78, 5) is 12.3. The van der Waals surface area contributed by atoms with Crippen molar-refractivity contribution >= 4 is 27.3 Å². The Bertz CT molecular complexity index is 1020. The molecule has 2 aromatic carbocycles. The van der Waals surface area contributed by atoms with Gasteiger partial charge in [0.15, 0.2) is 9.84 Å². The molecule has 0 aliphatic carbocycles. The molecule has 27 heavy (non-hydrogen) atoms. The van der Waals surface area contributed by atoms with Crippen LogP contribution in [0.1, 0.15) is 21.4 Å². The van der Waals surface area contributed by atoms with Gasteiger partial charge < -0.3 is 9.73 Å². The summed E-state index contributed by atoms with van der Waals surface area (Å²) in [6.07, 6.45) is 1.36. The highest BCUT2D eigenvalue weighted by atomic mass is 35.5. The van der Waals surface area contributed by atoms with E-state index in [9.17, 15) is 17.6 Å². The normalized spacial score (nSPS) is 12.5. The highest BCUT2D eigenvalue weighted by molar-refractivity contribution is 7.91. The van der Waals surface area contributed by atoms with E-state index in [1.807, 2.05) is 0 Å². The number of carbonyl (C=O) groups excluding carboxylic acids is 1. The molecule has 1 amide bonds. The van der Waals surface area contributed by atoms with Gasteiger partial charge in [-0.05, 0) is 60.7 Å². The second kappa shape index (κ2) is 7.94. The Balaban J connectivity index is 1.85. The minimum atomic E-state index is -3.85. The van der Waals surface area contributed by atoms with E-state index >= 15 is 0 Å². The van der Waals surface area contributed by atoms with Crippen LogP contribution in [0.2, 0.25) is 5.02 Å². The van der Waals surface area contributed by atoms with Crippen LogP contribution in [0.25, 0.3) is 0 Å². The standard InChI is InChI=1S/C19H15ClFNO4S/c20-14-5-9-16(10-6-14)27(24,25)18(17-2-1-11-26-17)12-22-19(23)13-3-7-15(21)8-4-13/h1-11,18H,12H2,(H,22,23)/t18-/m0/s1. The maximum atomic E-state index is 13.0. The maximum absolute atomic E-state index is 13.0. The first kappa shape index (κ1) is 19.1. The number of halogens is 2. The van der Waals surface area contributed by atoms with E-state index in [0.29, 0.717) is 5.02 Å². The van der Waals surface area contributed by atoms with Crippen molar-refractivity contribution in [1.82, 2.24) is 5.32 Å². The van der Waals surface area contributed by atoms with Crippen molar-refractivity contribution in [2.75, 3.05) is 6.54 Å².